The predicted octanol–water partition coefficient (Wildman–Crippen LogP) is 1.76. The first-order valence-electron chi connectivity index (χ1n) is 8.52. The van der Waals surface area contributed by atoms with Crippen molar-refractivity contribution in [3.05, 3.63) is 33.4 Å². The SMILES string of the molecule is CCN(CC)C(=O)C(C#N)=Cc1cc(OC(=O)OCC(=O)OC)c(O)c([N+](=O)[O-])c1. The number of phenolic OH excluding ortho intramolecular Hbond substituents is 1. The minimum absolute atomic E-state index is 0.0627. The molecule has 0 aliphatic carbocycles. The van der Waals surface area contributed by atoms with Crippen LogP contribution in [0.3, 0.4) is 0 Å². The third-order valence-corrected chi connectivity index (χ3v) is 3.72. The number of carbonyl (C=O) groups excluding carboxylic acids is 3. The van der Waals surface area contributed by atoms with E-state index < -0.39 is 46.7 Å². The van der Waals surface area contributed by atoms with Gasteiger partial charge in [-0.25, -0.2) is 9.59 Å². The van der Waals surface area contributed by atoms with Crippen molar-refractivity contribution in [2.45, 2.75) is 13.8 Å². The van der Waals surface area contributed by atoms with Gasteiger partial charge in [-0.05, 0) is 31.6 Å². The Kier molecular flexibility index (Phi) is 8.77. The number of likely N-dealkylation sites (N-methyl/N-ethyl adjacent to an activating group) is 1. The molecule has 160 valence electrons. The molecule has 0 radical (unpaired) electrons. The van der Waals surface area contributed by atoms with Crippen LogP contribution in [-0.2, 0) is 19.1 Å². The summed E-state index contributed by atoms with van der Waals surface area (Å²) in [6.45, 7) is 3.32. The standard InChI is InChI=1S/C18H19N3O9/c1-4-20(5-2)17(24)12(9-19)6-11-7-13(21(26)27)16(23)14(8-11)30-18(25)29-10-15(22)28-3/h6-8,23H,4-5,10H2,1-3H3. The number of ether oxygens (including phenoxy) is 3. The van der Waals surface area contributed by atoms with Crippen molar-refractivity contribution in [3.63, 3.8) is 0 Å². The highest BCUT2D eigenvalue weighted by atomic mass is 16.7. The lowest BCUT2D eigenvalue weighted by molar-refractivity contribution is -0.385. The van der Waals surface area contributed by atoms with Crippen LogP contribution in [-0.4, -0.2) is 59.8 Å². The van der Waals surface area contributed by atoms with E-state index in [1.54, 1.807) is 19.9 Å². The number of nitrogens with zero attached hydrogens (tertiary/aromatic N) is 3. The van der Waals surface area contributed by atoms with Gasteiger partial charge < -0.3 is 24.2 Å². The fourth-order valence-corrected chi connectivity index (χ4v) is 2.20. The van der Waals surface area contributed by atoms with Gasteiger partial charge in [-0.3, -0.25) is 14.9 Å². The number of hydrogen-bond acceptors (Lipinski definition) is 10. The summed E-state index contributed by atoms with van der Waals surface area (Å²) in [4.78, 5) is 46.7. The van der Waals surface area contributed by atoms with Crippen molar-refractivity contribution in [2.75, 3.05) is 26.8 Å². The van der Waals surface area contributed by atoms with Gasteiger partial charge in [0.25, 0.3) is 5.91 Å². The van der Waals surface area contributed by atoms with Crippen LogP contribution < -0.4 is 4.74 Å². The summed E-state index contributed by atoms with van der Waals surface area (Å²) in [5.74, 6) is -3.13. The Morgan fingerprint density at radius 3 is 2.43 bits per heavy atom. The first-order chi connectivity index (χ1) is 14.2. The molecular formula is C18H19N3O9. The van der Waals surface area contributed by atoms with Crippen LogP contribution in [0, 0.1) is 21.4 Å². The molecule has 0 aromatic heterocycles. The molecule has 1 amide bonds. The van der Waals surface area contributed by atoms with E-state index in [9.17, 15) is 34.9 Å². The smallest absolute Gasteiger partial charge is 0.499 e. The second kappa shape index (κ2) is 11.0. The predicted molar refractivity (Wildman–Crippen MR) is 100 cm³/mol. The van der Waals surface area contributed by atoms with Gasteiger partial charge in [0.15, 0.2) is 12.4 Å². The number of benzene rings is 1. The van der Waals surface area contributed by atoms with Gasteiger partial charge in [0.05, 0.1) is 12.0 Å². The van der Waals surface area contributed by atoms with E-state index in [0.29, 0.717) is 13.1 Å². The minimum atomic E-state index is -1.44. The van der Waals surface area contributed by atoms with Gasteiger partial charge >= 0.3 is 17.8 Å². The van der Waals surface area contributed by atoms with Gasteiger partial charge in [0.1, 0.15) is 11.6 Å². The lowest BCUT2D eigenvalue weighted by Crippen LogP contribution is -2.31. The van der Waals surface area contributed by atoms with Crippen LogP contribution in [0.2, 0.25) is 0 Å². The molecule has 0 fully saturated rings. The number of rotatable bonds is 8. The molecule has 1 N–H and O–H groups in total. The fraction of sp³-hybridized carbons (Fsp3) is 0.333. The zero-order valence-corrected chi connectivity index (χ0v) is 16.4. The van der Waals surface area contributed by atoms with Crippen LogP contribution in [0.4, 0.5) is 10.5 Å². The van der Waals surface area contributed by atoms with E-state index >= 15 is 0 Å². The summed E-state index contributed by atoms with van der Waals surface area (Å²) in [6.07, 6.45) is -0.384. The van der Waals surface area contributed by atoms with Crippen LogP contribution in [0.5, 0.6) is 11.5 Å². The maximum atomic E-state index is 12.4. The van der Waals surface area contributed by atoms with Gasteiger partial charge in [-0.15, -0.1) is 0 Å². The molecular weight excluding hydrogens is 402 g/mol. The lowest BCUT2D eigenvalue weighted by atomic mass is 10.1. The van der Waals surface area contributed by atoms with Crippen LogP contribution in [0.1, 0.15) is 19.4 Å². The van der Waals surface area contributed by atoms with Crippen molar-refractivity contribution in [1.29, 1.82) is 5.26 Å². The molecule has 0 spiro atoms. The number of aromatic hydroxyl groups is 1. The maximum Gasteiger partial charge on any atom is 0.514 e. The van der Waals surface area contributed by atoms with Crippen LogP contribution in [0.25, 0.3) is 6.08 Å². The Bertz CT molecular complexity index is 914. The first-order valence-corrected chi connectivity index (χ1v) is 8.52. The normalized spacial score (nSPS) is 10.5. The molecule has 12 nitrogen and oxygen atoms in total. The summed E-state index contributed by atoms with van der Waals surface area (Å²) in [6, 6.07) is 3.61. The highest BCUT2D eigenvalue weighted by Crippen LogP contribution is 2.38. The summed E-state index contributed by atoms with van der Waals surface area (Å²) >= 11 is 0. The third kappa shape index (κ3) is 6.20. The quantitative estimate of drug-likeness (QED) is 0.163. The third-order valence-electron chi connectivity index (χ3n) is 3.72. The molecule has 0 unspecified atom stereocenters. The van der Waals surface area contributed by atoms with Crippen molar-refractivity contribution < 1.29 is 38.6 Å². The lowest BCUT2D eigenvalue weighted by Gasteiger charge is -2.17. The van der Waals surface area contributed by atoms with Crippen LogP contribution in [0.15, 0.2) is 17.7 Å². The number of nitriles is 1. The molecule has 0 bridgehead atoms. The number of methoxy groups -OCH3 is 1. The summed E-state index contributed by atoms with van der Waals surface area (Å²) in [5, 5.41) is 30.5. The van der Waals surface area contributed by atoms with Crippen molar-refractivity contribution in [3.8, 4) is 17.6 Å². The molecule has 0 aliphatic heterocycles. The number of esters is 1. The fourth-order valence-electron chi connectivity index (χ4n) is 2.20. The number of phenols is 1. The maximum absolute atomic E-state index is 12.4. The van der Waals surface area contributed by atoms with E-state index in [1.165, 1.54) is 4.90 Å². The van der Waals surface area contributed by atoms with Gasteiger partial charge in [0.2, 0.25) is 5.75 Å². The van der Waals surface area contributed by atoms with E-state index in [-0.39, 0.29) is 11.1 Å². The zero-order valence-electron chi connectivity index (χ0n) is 16.4. The van der Waals surface area contributed by atoms with Crippen molar-refractivity contribution in [1.82, 2.24) is 4.90 Å². The van der Waals surface area contributed by atoms with Crippen LogP contribution >= 0.6 is 0 Å². The van der Waals surface area contributed by atoms with E-state index in [1.807, 2.05) is 0 Å². The first kappa shape index (κ1) is 23.9. The summed E-state index contributed by atoms with van der Waals surface area (Å²) < 4.78 is 13.4. The molecule has 0 atom stereocenters. The number of amides is 1. The molecule has 0 heterocycles. The zero-order chi connectivity index (χ0) is 22.8. The van der Waals surface area contributed by atoms with E-state index in [0.717, 1.165) is 25.3 Å². The Labute approximate surface area is 171 Å². The second-order valence-corrected chi connectivity index (χ2v) is 5.51. The number of nitro groups is 1. The average Bonchev–Trinajstić information content (AvgIpc) is 2.72. The van der Waals surface area contributed by atoms with E-state index in [2.05, 4.69) is 9.47 Å². The molecule has 1 rings (SSSR count). The highest BCUT2D eigenvalue weighted by molar-refractivity contribution is 6.01. The monoisotopic (exact) mass is 421 g/mol. The Morgan fingerprint density at radius 1 is 1.30 bits per heavy atom. The largest absolute Gasteiger partial charge is 0.514 e. The topological polar surface area (TPSA) is 169 Å². The summed E-state index contributed by atoms with van der Waals surface area (Å²) in [7, 11) is 1.06. The Hall–Kier alpha value is -4.14. The molecule has 1 aromatic rings. The Morgan fingerprint density at radius 2 is 1.93 bits per heavy atom. The van der Waals surface area contributed by atoms with Crippen molar-refractivity contribution >= 4 is 29.8 Å². The molecule has 0 saturated carbocycles. The number of carbonyl (C=O) groups is 3. The molecule has 0 saturated heterocycles. The minimum Gasteiger partial charge on any atom is -0.499 e. The second-order valence-electron chi connectivity index (χ2n) is 5.51. The molecule has 0 aliphatic rings. The molecule has 30 heavy (non-hydrogen) atoms. The number of nitro benzene ring substituents is 1. The number of hydrogen-bond donors (Lipinski definition) is 1. The Balaban J connectivity index is 3.32. The average molecular weight is 421 g/mol. The van der Waals surface area contributed by atoms with Gasteiger partial charge in [-0.1, -0.05) is 0 Å². The summed E-state index contributed by atoms with van der Waals surface area (Å²) in [5.41, 5.74) is -1.22. The highest BCUT2D eigenvalue weighted by Gasteiger charge is 2.24. The molecule has 12 heteroatoms. The molecule has 1 aromatic carbocycles. The van der Waals surface area contributed by atoms with Crippen molar-refractivity contribution in [2.24, 2.45) is 0 Å². The van der Waals surface area contributed by atoms with Gasteiger partial charge in [-0.2, -0.15) is 5.26 Å². The van der Waals surface area contributed by atoms with E-state index in [4.69, 9.17) is 4.74 Å². The van der Waals surface area contributed by atoms with Gasteiger partial charge in [0, 0.05) is 19.2 Å².